The number of nitrogens with two attached hydrogens (primary N) is 1. The molecule has 4 N–H and O–H groups in total. The molecule has 11 heteroatoms. The Morgan fingerprint density at radius 1 is 1.09 bits per heavy atom. The minimum absolute atomic E-state index is 0.186. The molecule has 1 aromatic heterocycles. The van der Waals surface area contributed by atoms with Gasteiger partial charge in [-0.15, -0.1) is 11.3 Å². The Morgan fingerprint density at radius 2 is 1.81 bits per heavy atom. The minimum atomic E-state index is -3.30. The number of thiazole rings is 1. The van der Waals surface area contributed by atoms with Crippen molar-refractivity contribution in [1.82, 2.24) is 9.88 Å². The molecule has 0 atom stereocenters. The SMILES string of the molecule is CS(=O)(=O)c1ccc(NC(=O)N2CCc3nc(C(=O)Nc4ccccc4N)sc3C2)cc1. The first-order valence-electron chi connectivity index (χ1n) is 9.71. The lowest BCUT2D eigenvalue weighted by Crippen LogP contribution is -2.38. The number of nitrogens with zero attached hydrogens (tertiary/aromatic N) is 2. The third-order valence-electron chi connectivity index (χ3n) is 4.96. The van der Waals surface area contributed by atoms with Gasteiger partial charge < -0.3 is 21.3 Å². The Morgan fingerprint density at radius 3 is 2.50 bits per heavy atom. The van der Waals surface area contributed by atoms with Crippen LogP contribution < -0.4 is 16.4 Å². The van der Waals surface area contributed by atoms with Gasteiger partial charge in [0.05, 0.1) is 28.5 Å². The van der Waals surface area contributed by atoms with E-state index < -0.39 is 9.84 Å². The molecule has 0 aliphatic carbocycles. The van der Waals surface area contributed by atoms with E-state index in [1.165, 1.54) is 23.5 Å². The predicted octanol–water partition coefficient (Wildman–Crippen LogP) is 2.97. The first-order chi connectivity index (χ1) is 15.2. The molecule has 1 aliphatic heterocycles. The summed E-state index contributed by atoms with van der Waals surface area (Å²) in [6.45, 7) is 0.789. The maximum absolute atomic E-state index is 12.7. The Hall–Kier alpha value is -3.44. The van der Waals surface area contributed by atoms with Crippen LogP contribution in [0, 0.1) is 0 Å². The molecule has 4 rings (SSSR count). The fourth-order valence-corrected chi connectivity index (χ4v) is 4.89. The average Bonchev–Trinajstić information content (AvgIpc) is 3.18. The number of carbonyl (C=O) groups is 2. The molecule has 3 amide bonds. The van der Waals surface area contributed by atoms with Crippen molar-refractivity contribution >= 4 is 50.2 Å². The largest absolute Gasteiger partial charge is 0.397 e. The first-order valence-corrected chi connectivity index (χ1v) is 12.4. The lowest BCUT2D eigenvalue weighted by molar-refractivity contribution is 0.102. The molecule has 0 unspecified atom stereocenters. The van der Waals surface area contributed by atoms with E-state index in [4.69, 9.17) is 5.73 Å². The fraction of sp³-hybridized carbons (Fsp3) is 0.190. The van der Waals surface area contributed by atoms with Crippen LogP contribution in [-0.4, -0.2) is 43.0 Å². The topological polar surface area (TPSA) is 134 Å². The van der Waals surface area contributed by atoms with Crippen LogP contribution in [0.25, 0.3) is 0 Å². The molecule has 0 bridgehead atoms. The lowest BCUT2D eigenvalue weighted by Gasteiger charge is -2.26. The zero-order valence-corrected chi connectivity index (χ0v) is 18.8. The van der Waals surface area contributed by atoms with Crippen molar-refractivity contribution < 1.29 is 18.0 Å². The van der Waals surface area contributed by atoms with Crippen LogP contribution in [0.15, 0.2) is 53.4 Å². The molecule has 9 nitrogen and oxygen atoms in total. The summed E-state index contributed by atoms with van der Waals surface area (Å²) < 4.78 is 23.1. The van der Waals surface area contributed by atoms with Crippen molar-refractivity contribution in [2.24, 2.45) is 0 Å². The molecule has 0 radical (unpaired) electrons. The molecule has 2 heterocycles. The number of aromatic nitrogens is 1. The van der Waals surface area contributed by atoms with Gasteiger partial charge in [-0.05, 0) is 36.4 Å². The summed E-state index contributed by atoms with van der Waals surface area (Å²) in [5.41, 5.74) is 8.17. The molecule has 0 fully saturated rings. The van der Waals surface area contributed by atoms with Crippen LogP contribution >= 0.6 is 11.3 Å². The number of hydrogen-bond donors (Lipinski definition) is 3. The minimum Gasteiger partial charge on any atom is -0.397 e. The van der Waals surface area contributed by atoms with E-state index in [0.29, 0.717) is 41.6 Å². The zero-order chi connectivity index (χ0) is 22.9. The number of carbonyl (C=O) groups excluding carboxylic acids is 2. The number of anilines is 3. The summed E-state index contributed by atoms with van der Waals surface area (Å²) in [6, 6.07) is 12.7. The van der Waals surface area contributed by atoms with Crippen LogP contribution in [0.5, 0.6) is 0 Å². The second-order valence-corrected chi connectivity index (χ2v) is 10.4. The van der Waals surface area contributed by atoms with Crippen molar-refractivity contribution in [3.05, 3.63) is 64.1 Å². The maximum atomic E-state index is 12.7. The molecular weight excluding hydrogens is 450 g/mol. The van der Waals surface area contributed by atoms with Gasteiger partial charge in [-0.1, -0.05) is 12.1 Å². The van der Waals surface area contributed by atoms with Crippen LogP contribution in [0.3, 0.4) is 0 Å². The molecular formula is C21H21N5O4S2. The normalized spacial score (nSPS) is 13.3. The van der Waals surface area contributed by atoms with E-state index in [1.54, 1.807) is 41.3 Å². The highest BCUT2D eigenvalue weighted by Gasteiger charge is 2.26. The first kappa shape index (κ1) is 21.8. The highest BCUT2D eigenvalue weighted by Crippen LogP contribution is 2.27. The third-order valence-corrected chi connectivity index (χ3v) is 7.17. The fourth-order valence-electron chi connectivity index (χ4n) is 3.24. The molecule has 32 heavy (non-hydrogen) atoms. The second-order valence-electron chi connectivity index (χ2n) is 7.33. The van der Waals surface area contributed by atoms with Gasteiger partial charge in [0.15, 0.2) is 14.8 Å². The number of nitrogens with one attached hydrogen (secondary N) is 2. The Balaban J connectivity index is 1.41. The van der Waals surface area contributed by atoms with E-state index in [2.05, 4.69) is 15.6 Å². The van der Waals surface area contributed by atoms with Crippen LogP contribution in [0.1, 0.15) is 20.4 Å². The van der Waals surface area contributed by atoms with Crippen LogP contribution in [0.2, 0.25) is 0 Å². The lowest BCUT2D eigenvalue weighted by atomic mass is 10.2. The number of urea groups is 1. The summed E-state index contributed by atoms with van der Waals surface area (Å²) in [7, 11) is -3.30. The number of nitrogen functional groups attached to an aromatic ring is 1. The predicted molar refractivity (Wildman–Crippen MR) is 124 cm³/mol. The van der Waals surface area contributed by atoms with Gasteiger partial charge in [-0.3, -0.25) is 4.79 Å². The Bertz CT molecular complexity index is 1290. The monoisotopic (exact) mass is 471 g/mol. The molecule has 0 saturated carbocycles. The summed E-state index contributed by atoms with van der Waals surface area (Å²) in [6.07, 6.45) is 1.66. The van der Waals surface area contributed by atoms with Gasteiger partial charge in [-0.25, -0.2) is 18.2 Å². The molecule has 1 aliphatic rings. The summed E-state index contributed by atoms with van der Waals surface area (Å²) in [5, 5.41) is 5.85. The highest BCUT2D eigenvalue weighted by atomic mass is 32.2. The van der Waals surface area contributed by atoms with Gasteiger partial charge in [0.2, 0.25) is 0 Å². The number of amides is 3. The average molecular weight is 472 g/mol. The van der Waals surface area contributed by atoms with Crippen molar-refractivity contribution in [3.63, 3.8) is 0 Å². The van der Waals surface area contributed by atoms with Crippen molar-refractivity contribution in [2.75, 3.05) is 29.2 Å². The van der Waals surface area contributed by atoms with Gasteiger partial charge in [-0.2, -0.15) is 0 Å². The Kier molecular flexibility index (Phi) is 5.85. The summed E-state index contributed by atoms with van der Waals surface area (Å²) >= 11 is 1.25. The highest BCUT2D eigenvalue weighted by molar-refractivity contribution is 7.90. The Labute approximate surface area is 189 Å². The van der Waals surface area contributed by atoms with E-state index >= 15 is 0 Å². The van der Waals surface area contributed by atoms with Crippen LogP contribution in [-0.2, 0) is 22.8 Å². The van der Waals surface area contributed by atoms with E-state index in [1.807, 2.05) is 0 Å². The van der Waals surface area contributed by atoms with Crippen molar-refractivity contribution in [2.45, 2.75) is 17.9 Å². The van der Waals surface area contributed by atoms with Crippen molar-refractivity contribution in [1.29, 1.82) is 0 Å². The number of sulfone groups is 1. The van der Waals surface area contributed by atoms with E-state index in [0.717, 1.165) is 16.8 Å². The molecule has 2 aromatic carbocycles. The van der Waals surface area contributed by atoms with Crippen LogP contribution in [0.4, 0.5) is 21.9 Å². The maximum Gasteiger partial charge on any atom is 0.322 e. The number of rotatable bonds is 4. The number of hydrogen-bond acceptors (Lipinski definition) is 7. The third kappa shape index (κ3) is 4.73. The van der Waals surface area contributed by atoms with Gasteiger partial charge >= 0.3 is 6.03 Å². The smallest absolute Gasteiger partial charge is 0.322 e. The van der Waals surface area contributed by atoms with Crippen molar-refractivity contribution in [3.8, 4) is 0 Å². The van der Waals surface area contributed by atoms with Gasteiger partial charge in [0, 0.05) is 29.8 Å². The number of fused-ring (bicyclic) bond motifs is 1. The summed E-state index contributed by atoms with van der Waals surface area (Å²) in [5.74, 6) is -0.343. The number of benzene rings is 2. The zero-order valence-electron chi connectivity index (χ0n) is 17.2. The molecule has 0 saturated heterocycles. The van der Waals surface area contributed by atoms with Gasteiger partial charge in [0.1, 0.15) is 0 Å². The standard InChI is InChI=1S/C21H21N5O4S2/c1-32(29,30)14-8-6-13(7-9-14)23-21(28)26-11-10-17-18(12-26)31-20(25-17)19(27)24-16-5-3-2-4-15(16)22/h2-9H,10-12,22H2,1H3,(H,23,28)(H,24,27). The molecule has 3 aromatic rings. The second kappa shape index (κ2) is 8.60. The molecule has 0 spiro atoms. The van der Waals surface area contributed by atoms with E-state index in [-0.39, 0.29) is 16.8 Å². The number of para-hydroxylation sites is 2. The van der Waals surface area contributed by atoms with Gasteiger partial charge in [0.25, 0.3) is 5.91 Å². The quantitative estimate of drug-likeness (QED) is 0.501. The summed E-state index contributed by atoms with van der Waals surface area (Å²) in [4.78, 5) is 32.4. The molecule has 166 valence electrons. The van der Waals surface area contributed by atoms with E-state index in [9.17, 15) is 18.0 Å².